The van der Waals surface area contributed by atoms with Crippen molar-refractivity contribution in [2.24, 2.45) is 5.41 Å². The van der Waals surface area contributed by atoms with E-state index in [4.69, 9.17) is 11.6 Å². The molecule has 3 aliphatic rings. The molecule has 0 aromatic carbocycles. The van der Waals surface area contributed by atoms with Gasteiger partial charge in [-0.05, 0) is 37.9 Å². The van der Waals surface area contributed by atoms with E-state index in [1.807, 2.05) is 0 Å². The average molecular weight is 409 g/mol. The third kappa shape index (κ3) is 4.78. The fraction of sp³-hybridized carbons (Fsp3) is 0.722. The molecule has 1 aromatic heterocycles. The smallest absolute Gasteiger partial charge is 0.300 e. The van der Waals surface area contributed by atoms with E-state index in [0.29, 0.717) is 5.41 Å². The van der Waals surface area contributed by atoms with Gasteiger partial charge < -0.3 is 0 Å². The van der Waals surface area contributed by atoms with Crippen LogP contribution in [0, 0.1) is 5.41 Å². The van der Waals surface area contributed by atoms with Gasteiger partial charge in [0.25, 0.3) is 0 Å². The summed E-state index contributed by atoms with van der Waals surface area (Å²) in [6, 6.07) is 3.36. The number of aromatic nitrogens is 1. The molecule has 0 unspecified atom stereocenters. The van der Waals surface area contributed by atoms with Crippen LogP contribution in [0.4, 0.5) is 13.2 Å². The molecule has 2 saturated heterocycles. The van der Waals surface area contributed by atoms with Gasteiger partial charge >= 0.3 is 6.18 Å². The van der Waals surface area contributed by atoms with Crippen molar-refractivity contribution in [2.75, 3.05) is 24.6 Å². The predicted molar refractivity (Wildman–Crippen MR) is 97.6 cm³/mol. The van der Waals surface area contributed by atoms with Gasteiger partial charge in [-0.3, -0.25) is 14.1 Å². The topological polar surface area (TPSA) is 33.2 Å². The lowest BCUT2D eigenvalue weighted by Gasteiger charge is -2.39. The van der Waals surface area contributed by atoms with Crippen molar-refractivity contribution >= 4 is 22.4 Å². The van der Waals surface area contributed by atoms with Crippen LogP contribution < -0.4 is 0 Å². The maximum Gasteiger partial charge on any atom is 0.434 e. The zero-order chi connectivity index (χ0) is 18.8. The first-order valence-electron chi connectivity index (χ1n) is 9.06. The van der Waals surface area contributed by atoms with Gasteiger partial charge in [0, 0.05) is 46.5 Å². The number of likely N-dealkylation sites (tertiary alicyclic amines) is 1. The van der Waals surface area contributed by atoms with Crippen LogP contribution in [0.3, 0.4) is 0 Å². The number of hydrogen-bond acceptors (Lipinski definition) is 3. The molecule has 2 aliphatic heterocycles. The number of hydrogen-bond donors (Lipinski definition) is 0. The summed E-state index contributed by atoms with van der Waals surface area (Å²) in [5.74, 6) is 1.99. The average Bonchev–Trinajstić information content (AvgIpc) is 3.01. The third-order valence-electron chi connectivity index (χ3n) is 5.52. The van der Waals surface area contributed by atoms with E-state index in [2.05, 4.69) is 9.88 Å². The zero-order valence-corrected chi connectivity index (χ0v) is 16.2. The summed E-state index contributed by atoms with van der Waals surface area (Å²) in [4.78, 5) is 5.80. The number of rotatable bonds is 1. The number of pyridine rings is 1. The summed E-state index contributed by atoms with van der Waals surface area (Å²) in [6.45, 7) is 2.53. The van der Waals surface area contributed by atoms with Crippen molar-refractivity contribution in [2.45, 2.75) is 50.7 Å². The summed E-state index contributed by atoms with van der Waals surface area (Å²) < 4.78 is 46.9. The Labute approximate surface area is 159 Å². The summed E-state index contributed by atoms with van der Waals surface area (Å²) in [6.07, 6.45) is 5.04. The highest BCUT2D eigenvalue weighted by atomic mass is 35.5. The molecule has 146 valence electrons. The van der Waals surface area contributed by atoms with Crippen LogP contribution in [0.1, 0.15) is 44.2 Å². The van der Waals surface area contributed by atoms with Crippen LogP contribution in [0.25, 0.3) is 0 Å². The van der Waals surface area contributed by atoms with Gasteiger partial charge in [0.2, 0.25) is 0 Å². The Morgan fingerprint density at radius 3 is 2.46 bits per heavy atom. The molecule has 26 heavy (non-hydrogen) atoms. The Kier molecular flexibility index (Phi) is 6.29. The molecule has 0 N–H and O–H groups in total. The van der Waals surface area contributed by atoms with Crippen molar-refractivity contribution in [1.29, 1.82) is 0 Å². The first kappa shape index (κ1) is 20.1. The Morgan fingerprint density at radius 2 is 1.92 bits per heavy atom. The van der Waals surface area contributed by atoms with Crippen molar-refractivity contribution < 1.29 is 17.4 Å². The summed E-state index contributed by atoms with van der Waals surface area (Å²) in [5.41, 5.74) is -0.552. The maximum atomic E-state index is 11.9. The van der Waals surface area contributed by atoms with Crippen molar-refractivity contribution in [3.63, 3.8) is 0 Å². The van der Waals surface area contributed by atoms with Gasteiger partial charge in [-0.15, -0.1) is 0 Å². The van der Waals surface area contributed by atoms with E-state index in [9.17, 15) is 17.4 Å². The highest BCUT2D eigenvalue weighted by molar-refractivity contribution is 7.86. The molecule has 3 heterocycles. The second kappa shape index (κ2) is 8.15. The van der Waals surface area contributed by atoms with E-state index in [-0.39, 0.29) is 5.02 Å². The molecule has 0 bridgehead atoms. The molecule has 3 nitrogen and oxygen atoms in total. The van der Waals surface area contributed by atoms with Crippen LogP contribution in [0.5, 0.6) is 0 Å². The predicted octanol–water partition coefficient (Wildman–Crippen LogP) is 4.53. The summed E-state index contributed by atoms with van der Waals surface area (Å²) in [5, 5.41) is -0.375. The van der Waals surface area contributed by atoms with E-state index in [1.165, 1.54) is 57.7 Å². The Hall–Kier alpha value is -0.660. The molecule has 0 radical (unpaired) electrons. The van der Waals surface area contributed by atoms with Crippen LogP contribution in [0.15, 0.2) is 18.3 Å². The fourth-order valence-corrected chi connectivity index (χ4v) is 6.18. The molecule has 1 aliphatic carbocycles. The molecule has 1 saturated carbocycles. The van der Waals surface area contributed by atoms with E-state index in [0.717, 1.165) is 29.8 Å². The van der Waals surface area contributed by atoms with Gasteiger partial charge in [-0.1, -0.05) is 30.9 Å². The van der Waals surface area contributed by atoms with Gasteiger partial charge in [-0.2, -0.15) is 13.2 Å². The minimum absolute atomic E-state index is 0.375. The highest BCUT2D eigenvalue weighted by Crippen LogP contribution is 2.41. The molecular weight excluding hydrogens is 385 g/mol. The van der Waals surface area contributed by atoms with Gasteiger partial charge in [0.05, 0.1) is 5.02 Å². The molecule has 8 heteroatoms. The number of alkyl halides is 3. The third-order valence-corrected chi connectivity index (χ3v) is 7.69. The van der Waals surface area contributed by atoms with E-state index < -0.39 is 22.7 Å². The minimum atomic E-state index is -4.46. The quantitative estimate of drug-likeness (QED) is 0.684. The molecule has 1 aromatic rings. The van der Waals surface area contributed by atoms with Crippen LogP contribution in [-0.2, 0) is 17.0 Å². The first-order chi connectivity index (χ1) is 12.3. The SMILES string of the molecule is FC(F)(F)c1ncccc1Cl.O=S1CC2(CCN(C3CCCCC3)C2)C1. The highest BCUT2D eigenvalue weighted by Gasteiger charge is 2.48. The van der Waals surface area contributed by atoms with Gasteiger partial charge in [0.1, 0.15) is 0 Å². The van der Waals surface area contributed by atoms with Crippen molar-refractivity contribution in [3.8, 4) is 0 Å². The number of halogens is 4. The zero-order valence-electron chi connectivity index (χ0n) is 14.6. The lowest BCUT2D eigenvalue weighted by molar-refractivity contribution is -0.141. The minimum Gasteiger partial charge on any atom is -0.300 e. The fourth-order valence-electron chi connectivity index (χ4n) is 4.20. The summed E-state index contributed by atoms with van der Waals surface area (Å²) >= 11 is 5.23. The van der Waals surface area contributed by atoms with Gasteiger partial charge in [-0.25, -0.2) is 0 Å². The molecular formula is C18H24ClF3N2OS. The molecule has 3 fully saturated rings. The van der Waals surface area contributed by atoms with Crippen molar-refractivity contribution in [3.05, 3.63) is 29.0 Å². The molecule has 0 amide bonds. The lowest BCUT2D eigenvalue weighted by Crippen LogP contribution is -2.48. The Balaban J connectivity index is 0.000000160. The normalized spacial score (nSPS) is 29.9. The standard InChI is InChI=1S/C12H21NOS.C6H3ClF3N/c14-15-9-12(10-15)6-7-13(8-12)11-4-2-1-3-5-11;7-4-2-1-3-11-5(4)6(8,9)10/h11H,1-10H2;1-3H. The largest absolute Gasteiger partial charge is 0.434 e. The van der Waals surface area contributed by atoms with Crippen molar-refractivity contribution in [1.82, 2.24) is 9.88 Å². The maximum absolute atomic E-state index is 11.9. The van der Waals surface area contributed by atoms with E-state index in [1.54, 1.807) is 0 Å². The second-order valence-electron chi connectivity index (χ2n) is 7.57. The molecule has 0 atom stereocenters. The van der Waals surface area contributed by atoms with Crippen LogP contribution in [0.2, 0.25) is 5.02 Å². The van der Waals surface area contributed by atoms with Crippen LogP contribution >= 0.6 is 11.6 Å². The Morgan fingerprint density at radius 1 is 1.23 bits per heavy atom. The number of nitrogens with zero attached hydrogens (tertiary/aromatic N) is 2. The monoisotopic (exact) mass is 408 g/mol. The van der Waals surface area contributed by atoms with E-state index >= 15 is 0 Å². The van der Waals surface area contributed by atoms with Crippen LogP contribution in [-0.4, -0.2) is 44.7 Å². The lowest BCUT2D eigenvalue weighted by atomic mass is 9.90. The first-order valence-corrected chi connectivity index (χ1v) is 10.9. The second-order valence-corrected chi connectivity index (χ2v) is 9.44. The summed E-state index contributed by atoms with van der Waals surface area (Å²) in [7, 11) is -0.468. The molecule has 4 rings (SSSR count). The molecule has 1 spiro atoms. The Bertz CT molecular complexity index is 642. The van der Waals surface area contributed by atoms with Gasteiger partial charge in [0.15, 0.2) is 5.69 Å².